The summed E-state index contributed by atoms with van der Waals surface area (Å²) in [7, 11) is 0. The molecule has 1 aromatic rings. The first-order valence-corrected chi connectivity index (χ1v) is 11.3. The number of likely N-dealkylation sites (tertiary alicyclic amines) is 1. The summed E-state index contributed by atoms with van der Waals surface area (Å²) in [5.74, 6) is 1.50. The third-order valence-corrected chi connectivity index (χ3v) is 7.22. The van der Waals surface area contributed by atoms with Crippen LogP contribution in [-0.4, -0.2) is 29.6 Å². The number of amides is 1. The van der Waals surface area contributed by atoms with Gasteiger partial charge in [0.25, 0.3) is 0 Å². The molecule has 1 unspecified atom stereocenters. The van der Waals surface area contributed by atoms with Crippen LogP contribution in [0.1, 0.15) is 80.6 Å². The second-order valence-electron chi connectivity index (χ2n) is 7.51. The lowest BCUT2D eigenvalue weighted by molar-refractivity contribution is -0.129. The highest BCUT2D eigenvalue weighted by Gasteiger charge is 2.20. The van der Waals surface area contributed by atoms with E-state index in [4.69, 9.17) is 11.6 Å². The molecule has 0 N–H and O–H groups in total. The van der Waals surface area contributed by atoms with Gasteiger partial charge in [-0.2, -0.15) is 0 Å². The average Bonchev–Trinajstić information content (AvgIpc) is 2.67. The molecular weight excluding hydrogens is 350 g/mol. The molecule has 1 aliphatic heterocycles. The van der Waals surface area contributed by atoms with Gasteiger partial charge in [0, 0.05) is 23.4 Å². The van der Waals surface area contributed by atoms with Gasteiger partial charge in [0.15, 0.2) is 0 Å². The molecule has 0 aromatic heterocycles. The molecule has 1 aromatic carbocycles. The Balaban J connectivity index is 1.55. The number of hydrogen-bond acceptors (Lipinski definition) is 2. The summed E-state index contributed by atoms with van der Waals surface area (Å²) in [4.78, 5) is 14.4. The molecule has 1 aliphatic carbocycles. The highest BCUT2D eigenvalue weighted by atomic mass is 35.5. The van der Waals surface area contributed by atoms with Crippen molar-refractivity contribution in [3.8, 4) is 0 Å². The second-order valence-corrected chi connectivity index (χ2v) is 9.25. The van der Waals surface area contributed by atoms with Crippen molar-refractivity contribution in [2.45, 2.75) is 69.5 Å². The molecule has 1 saturated heterocycles. The van der Waals surface area contributed by atoms with Gasteiger partial charge in [0.1, 0.15) is 0 Å². The first kappa shape index (κ1) is 19.1. The fourth-order valence-corrected chi connectivity index (χ4v) is 5.33. The van der Waals surface area contributed by atoms with Gasteiger partial charge in [0.05, 0.1) is 5.75 Å². The van der Waals surface area contributed by atoms with Crippen LogP contribution < -0.4 is 0 Å². The molecule has 2 aliphatic rings. The molecular formula is C21H30ClNOS. The van der Waals surface area contributed by atoms with Crippen LogP contribution in [0.2, 0.25) is 5.02 Å². The molecule has 0 spiro atoms. The number of halogens is 1. The minimum atomic E-state index is 0.293. The minimum Gasteiger partial charge on any atom is -0.342 e. The first-order valence-electron chi connectivity index (χ1n) is 9.84. The van der Waals surface area contributed by atoms with Crippen molar-refractivity contribution in [1.82, 2.24) is 4.90 Å². The summed E-state index contributed by atoms with van der Waals surface area (Å²) in [5, 5.41) is 1.21. The molecule has 0 radical (unpaired) electrons. The summed E-state index contributed by atoms with van der Waals surface area (Å²) < 4.78 is 0. The van der Waals surface area contributed by atoms with Crippen LogP contribution in [0, 0.1) is 0 Å². The predicted molar refractivity (Wildman–Crippen MR) is 109 cm³/mol. The normalized spacial score (nSPS) is 20.5. The van der Waals surface area contributed by atoms with E-state index in [0.29, 0.717) is 22.8 Å². The number of benzene rings is 1. The zero-order valence-electron chi connectivity index (χ0n) is 15.3. The third kappa shape index (κ3) is 5.17. The van der Waals surface area contributed by atoms with Crippen molar-refractivity contribution in [1.29, 1.82) is 0 Å². The van der Waals surface area contributed by atoms with E-state index in [1.54, 1.807) is 11.8 Å². The van der Waals surface area contributed by atoms with Gasteiger partial charge in [-0.15, -0.1) is 11.8 Å². The number of nitrogens with zero attached hydrogens (tertiary/aromatic N) is 1. The SMILES string of the molecule is CC(SCC(=O)N1CCCCC1)c1ccc(C2CCCCC2)c(Cl)c1. The highest BCUT2D eigenvalue weighted by Crippen LogP contribution is 2.38. The molecule has 4 heteroatoms. The minimum absolute atomic E-state index is 0.293. The van der Waals surface area contributed by atoms with Gasteiger partial charge in [-0.3, -0.25) is 4.79 Å². The number of carbonyl (C=O) groups excluding carboxylic acids is 1. The van der Waals surface area contributed by atoms with Crippen LogP contribution >= 0.6 is 23.4 Å². The van der Waals surface area contributed by atoms with Crippen LogP contribution in [0.15, 0.2) is 18.2 Å². The predicted octanol–water partition coefficient (Wildman–Crippen LogP) is 6.19. The Hall–Kier alpha value is -0.670. The lowest BCUT2D eigenvalue weighted by Crippen LogP contribution is -2.36. The molecule has 0 bridgehead atoms. The van der Waals surface area contributed by atoms with E-state index in [-0.39, 0.29) is 0 Å². The summed E-state index contributed by atoms with van der Waals surface area (Å²) in [6.07, 6.45) is 10.1. The van der Waals surface area contributed by atoms with Crippen LogP contribution in [-0.2, 0) is 4.79 Å². The van der Waals surface area contributed by atoms with Crippen LogP contribution in [0.25, 0.3) is 0 Å². The fraction of sp³-hybridized carbons (Fsp3) is 0.667. The summed E-state index contributed by atoms with van der Waals surface area (Å²) in [5.41, 5.74) is 2.56. The number of carbonyl (C=O) groups is 1. The number of rotatable bonds is 5. The van der Waals surface area contributed by atoms with Crippen molar-refractivity contribution < 1.29 is 4.79 Å². The summed E-state index contributed by atoms with van der Waals surface area (Å²) in [6.45, 7) is 4.06. The van der Waals surface area contributed by atoms with E-state index < -0.39 is 0 Å². The van der Waals surface area contributed by atoms with Gasteiger partial charge in [-0.05, 0) is 62.1 Å². The zero-order valence-corrected chi connectivity index (χ0v) is 16.9. The second kappa shape index (κ2) is 9.32. The lowest BCUT2D eigenvalue weighted by Gasteiger charge is -2.27. The number of hydrogen-bond donors (Lipinski definition) is 0. The molecule has 138 valence electrons. The third-order valence-electron chi connectivity index (χ3n) is 5.70. The first-order chi connectivity index (χ1) is 12.1. The van der Waals surface area contributed by atoms with Crippen LogP contribution in [0.3, 0.4) is 0 Å². The maximum Gasteiger partial charge on any atom is 0.232 e. The monoisotopic (exact) mass is 379 g/mol. The summed E-state index contributed by atoms with van der Waals surface area (Å²) in [6, 6.07) is 6.59. The Labute approximate surface area is 161 Å². The Morgan fingerprint density at radius 1 is 1.16 bits per heavy atom. The maximum absolute atomic E-state index is 12.3. The largest absolute Gasteiger partial charge is 0.342 e. The fourth-order valence-electron chi connectivity index (χ4n) is 4.07. The molecule has 2 fully saturated rings. The molecule has 1 amide bonds. The van der Waals surface area contributed by atoms with E-state index in [1.165, 1.54) is 49.7 Å². The molecule has 25 heavy (non-hydrogen) atoms. The van der Waals surface area contributed by atoms with Crippen LogP contribution in [0.5, 0.6) is 0 Å². The van der Waals surface area contributed by atoms with Gasteiger partial charge >= 0.3 is 0 Å². The van der Waals surface area contributed by atoms with Gasteiger partial charge in [-0.1, -0.05) is 43.0 Å². The maximum atomic E-state index is 12.3. The molecule has 2 nitrogen and oxygen atoms in total. The Morgan fingerprint density at radius 2 is 1.84 bits per heavy atom. The Kier molecular flexibility index (Phi) is 7.12. The Morgan fingerprint density at radius 3 is 2.52 bits per heavy atom. The van der Waals surface area contributed by atoms with Crippen LogP contribution in [0.4, 0.5) is 0 Å². The summed E-state index contributed by atoms with van der Waals surface area (Å²) >= 11 is 8.34. The van der Waals surface area contributed by atoms with Gasteiger partial charge < -0.3 is 4.90 Å². The van der Waals surface area contributed by atoms with Crippen molar-refractivity contribution >= 4 is 29.3 Å². The molecule has 3 rings (SSSR count). The zero-order chi connectivity index (χ0) is 17.6. The lowest BCUT2D eigenvalue weighted by atomic mass is 9.84. The number of piperidine rings is 1. The van der Waals surface area contributed by atoms with Crippen molar-refractivity contribution in [2.75, 3.05) is 18.8 Å². The van der Waals surface area contributed by atoms with Crippen molar-refractivity contribution in [3.05, 3.63) is 34.3 Å². The smallest absolute Gasteiger partial charge is 0.232 e. The van der Waals surface area contributed by atoms with E-state index in [0.717, 1.165) is 31.0 Å². The topological polar surface area (TPSA) is 20.3 Å². The van der Waals surface area contributed by atoms with Crippen molar-refractivity contribution in [2.24, 2.45) is 0 Å². The van der Waals surface area contributed by atoms with Gasteiger partial charge in [-0.25, -0.2) is 0 Å². The molecule has 1 heterocycles. The average molecular weight is 380 g/mol. The number of thioether (sulfide) groups is 1. The van der Waals surface area contributed by atoms with E-state index in [1.807, 2.05) is 4.90 Å². The van der Waals surface area contributed by atoms with Crippen molar-refractivity contribution in [3.63, 3.8) is 0 Å². The molecule has 1 atom stereocenters. The van der Waals surface area contributed by atoms with Gasteiger partial charge in [0.2, 0.25) is 5.91 Å². The Bertz CT molecular complexity index is 579. The standard InChI is InChI=1S/C21H30ClNOS/c1-16(25-15-21(24)23-12-6-3-7-13-23)18-10-11-19(20(22)14-18)17-8-4-2-5-9-17/h10-11,14,16-17H,2-9,12-13,15H2,1H3. The van der Waals surface area contributed by atoms with E-state index in [9.17, 15) is 4.79 Å². The molecule has 1 saturated carbocycles. The van der Waals surface area contributed by atoms with E-state index in [2.05, 4.69) is 25.1 Å². The van der Waals surface area contributed by atoms with E-state index >= 15 is 0 Å². The quantitative estimate of drug-likeness (QED) is 0.607. The highest BCUT2D eigenvalue weighted by molar-refractivity contribution is 8.00.